The minimum atomic E-state index is -0.885. The number of halogens is 1. The molecule has 0 unspecified atom stereocenters. The summed E-state index contributed by atoms with van der Waals surface area (Å²) >= 11 is 6.31. The third-order valence-corrected chi connectivity index (χ3v) is 7.12. The van der Waals surface area contributed by atoms with Gasteiger partial charge in [-0.2, -0.15) is 0 Å². The Kier molecular flexibility index (Phi) is 5.21. The monoisotopic (exact) mass is 418 g/mol. The molecule has 1 heterocycles. The van der Waals surface area contributed by atoms with E-state index in [-0.39, 0.29) is 35.3 Å². The maximum absolute atomic E-state index is 12.9. The fraction of sp³-hybridized carbons (Fsp3) is 0.545. The predicted molar refractivity (Wildman–Crippen MR) is 112 cm³/mol. The van der Waals surface area contributed by atoms with E-state index in [0.717, 1.165) is 12.8 Å². The van der Waals surface area contributed by atoms with Crippen LogP contribution in [0.15, 0.2) is 29.2 Å². The van der Waals surface area contributed by atoms with E-state index in [1.54, 1.807) is 31.3 Å². The van der Waals surface area contributed by atoms with Crippen LogP contribution in [0.4, 0.5) is 0 Å². The fourth-order valence-corrected chi connectivity index (χ4v) is 4.66. The molecule has 1 aromatic carbocycles. The Morgan fingerprint density at radius 2 is 1.83 bits per heavy atom. The molecule has 4 rings (SSSR count). The third kappa shape index (κ3) is 3.81. The normalized spacial score (nSPS) is 20.6. The summed E-state index contributed by atoms with van der Waals surface area (Å²) in [5, 5.41) is 24.1. The molecule has 1 amide bonds. The lowest BCUT2D eigenvalue weighted by atomic mass is 9.77. The van der Waals surface area contributed by atoms with Crippen LogP contribution in [0.25, 0.3) is 10.8 Å². The van der Waals surface area contributed by atoms with Crippen molar-refractivity contribution in [2.75, 3.05) is 13.2 Å². The highest BCUT2D eigenvalue weighted by Gasteiger charge is 2.48. The number of carbonyl (C=O) groups excluding carboxylic acids is 1. The molecule has 1 atom stereocenters. The Morgan fingerprint density at radius 1 is 1.17 bits per heavy atom. The van der Waals surface area contributed by atoms with Gasteiger partial charge in [0.15, 0.2) is 0 Å². The highest BCUT2D eigenvalue weighted by atomic mass is 35.5. The summed E-state index contributed by atoms with van der Waals surface area (Å²) in [5.74, 6) is -0.395. The van der Waals surface area contributed by atoms with Crippen molar-refractivity contribution in [3.8, 4) is 0 Å². The maximum Gasteiger partial charge on any atom is 0.258 e. The van der Waals surface area contributed by atoms with Crippen molar-refractivity contribution in [2.45, 2.75) is 57.1 Å². The molecule has 2 aliphatic rings. The van der Waals surface area contributed by atoms with Crippen LogP contribution in [-0.4, -0.2) is 39.4 Å². The summed E-state index contributed by atoms with van der Waals surface area (Å²) in [6.07, 6.45) is 7.50. The van der Waals surface area contributed by atoms with Crippen molar-refractivity contribution in [3.63, 3.8) is 0 Å². The summed E-state index contributed by atoms with van der Waals surface area (Å²) < 4.78 is 1.44. The van der Waals surface area contributed by atoms with E-state index >= 15 is 0 Å². The number of aliphatic hydroxyl groups is 2. The first kappa shape index (κ1) is 20.4. The third-order valence-electron chi connectivity index (χ3n) is 6.80. The summed E-state index contributed by atoms with van der Waals surface area (Å²) in [7, 11) is 0. The molecule has 0 saturated heterocycles. The van der Waals surface area contributed by atoms with Gasteiger partial charge in [0.25, 0.3) is 11.5 Å². The summed E-state index contributed by atoms with van der Waals surface area (Å²) in [5.41, 5.74) is -0.469. The van der Waals surface area contributed by atoms with Gasteiger partial charge < -0.3 is 20.1 Å². The van der Waals surface area contributed by atoms with Crippen LogP contribution in [0.3, 0.4) is 0 Å². The van der Waals surface area contributed by atoms with Crippen LogP contribution in [-0.2, 0) is 0 Å². The molecular weight excluding hydrogens is 392 g/mol. The first-order chi connectivity index (χ1) is 13.8. The van der Waals surface area contributed by atoms with Crippen molar-refractivity contribution in [2.24, 2.45) is 5.41 Å². The van der Waals surface area contributed by atoms with Gasteiger partial charge in [-0.25, -0.2) is 0 Å². The van der Waals surface area contributed by atoms with E-state index in [1.165, 1.54) is 17.4 Å². The van der Waals surface area contributed by atoms with E-state index in [0.29, 0.717) is 29.0 Å². The number of nitrogens with zero attached hydrogens (tertiary/aromatic N) is 1. The Labute approximate surface area is 174 Å². The van der Waals surface area contributed by atoms with Crippen LogP contribution in [0, 0.1) is 5.41 Å². The Balaban J connectivity index is 1.57. The average molecular weight is 419 g/mol. The van der Waals surface area contributed by atoms with Crippen molar-refractivity contribution >= 4 is 28.3 Å². The standard InChI is InChI=1S/C22H27ClN2O4/c1-14(12-26)25-11-4-15-16(20(25)28)2-3-17(23)18(15)19(27)24-13-22(29)9-7-21(5-6-21)8-10-22/h2-4,11,14,26,29H,5-10,12-13H2,1H3,(H,24,27)/t14-/m1/s1. The number of aromatic nitrogens is 1. The van der Waals surface area contributed by atoms with E-state index < -0.39 is 11.5 Å². The van der Waals surface area contributed by atoms with Gasteiger partial charge in [0.1, 0.15) is 0 Å². The second kappa shape index (κ2) is 7.42. The van der Waals surface area contributed by atoms with Gasteiger partial charge in [-0.05, 0) is 69.1 Å². The predicted octanol–water partition coefficient (Wildman–Crippen LogP) is 3.02. The zero-order valence-corrected chi connectivity index (χ0v) is 17.3. The Hall–Kier alpha value is -1.89. The molecule has 1 aromatic heterocycles. The number of hydrogen-bond donors (Lipinski definition) is 3. The van der Waals surface area contributed by atoms with Gasteiger partial charge in [-0.15, -0.1) is 0 Å². The zero-order chi connectivity index (χ0) is 20.8. The molecule has 7 heteroatoms. The van der Waals surface area contributed by atoms with Gasteiger partial charge in [0, 0.05) is 23.5 Å². The van der Waals surface area contributed by atoms with Crippen LogP contribution in [0.2, 0.25) is 5.02 Å². The largest absolute Gasteiger partial charge is 0.394 e. The van der Waals surface area contributed by atoms with Crippen LogP contribution in [0.5, 0.6) is 0 Å². The number of nitrogens with one attached hydrogen (secondary N) is 1. The van der Waals surface area contributed by atoms with E-state index in [2.05, 4.69) is 5.32 Å². The van der Waals surface area contributed by atoms with Crippen molar-refractivity contribution in [3.05, 3.63) is 45.3 Å². The molecule has 1 spiro atoms. The van der Waals surface area contributed by atoms with Gasteiger partial charge in [-0.1, -0.05) is 11.6 Å². The van der Waals surface area contributed by atoms with Crippen molar-refractivity contribution < 1.29 is 15.0 Å². The topological polar surface area (TPSA) is 91.6 Å². The first-order valence-corrected chi connectivity index (χ1v) is 10.6. The van der Waals surface area contributed by atoms with E-state index in [1.807, 2.05) is 0 Å². The molecule has 156 valence electrons. The lowest BCUT2D eigenvalue weighted by Crippen LogP contribution is -2.45. The highest BCUT2D eigenvalue weighted by Crippen LogP contribution is 2.57. The van der Waals surface area contributed by atoms with Crippen molar-refractivity contribution in [1.29, 1.82) is 0 Å². The minimum absolute atomic E-state index is 0.161. The zero-order valence-electron chi connectivity index (χ0n) is 16.6. The van der Waals surface area contributed by atoms with Gasteiger partial charge in [0.05, 0.1) is 28.8 Å². The molecule has 2 aromatic rings. The number of fused-ring (bicyclic) bond motifs is 1. The summed E-state index contributed by atoms with van der Waals surface area (Å²) in [4.78, 5) is 25.7. The molecule has 0 radical (unpaired) electrons. The summed E-state index contributed by atoms with van der Waals surface area (Å²) in [6, 6.07) is 4.45. The number of aliphatic hydroxyl groups excluding tert-OH is 1. The lowest BCUT2D eigenvalue weighted by molar-refractivity contribution is -0.0116. The number of benzene rings is 1. The molecule has 3 N–H and O–H groups in total. The molecule has 6 nitrogen and oxygen atoms in total. The minimum Gasteiger partial charge on any atom is -0.394 e. The maximum atomic E-state index is 12.9. The molecule has 29 heavy (non-hydrogen) atoms. The number of amides is 1. The average Bonchev–Trinajstić information content (AvgIpc) is 3.48. The van der Waals surface area contributed by atoms with E-state index in [4.69, 9.17) is 11.6 Å². The number of hydrogen-bond acceptors (Lipinski definition) is 4. The van der Waals surface area contributed by atoms with Crippen LogP contribution in [0.1, 0.15) is 61.8 Å². The fourth-order valence-electron chi connectivity index (χ4n) is 4.41. The van der Waals surface area contributed by atoms with Crippen molar-refractivity contribution in [1.82, 2.24) is 9.88 Å². The molecule has 2 aliphatic carbocycles. The molecule has 0 aliphatic heterocycles. The number of pyridine rings is 1. The smallest absolute Gasteiger partial charge is 0.258 e. The van der Waals surface area contributed by atoms with Crippen LogP contribution >= 0.6 is 11.6 Å². The van der Waals surface area contributed by atoms with Gasteiger partial charge in [0.2, 0.25) is 0 Å². The quantitative estimate of drug-likeness (QED) is 0.696. The molecule has 2 fully saturated rings. The second-order valence-electron chi connectivity index (χ2n) is 8.85. The van der Waals surface area contributed by atoms with Gasteiger partial charge >= 0.3 is 0 Å². The Morgan fingerprint density at radius 3 is 2.45 bits per heavy atom. The second-order valence-corrected chi connectivity index (χ2v) is 9.26. The molecule has 0 bridgehead atoms. The molecule has 2 saturated carbocycles. The molecular formula is C22H27ClN2O4. The number of carbonyl (C=O) groups is 1. The highest BCUT2D eigenvalue weighted by molar-refractivity contribution is 6.35. The SMILES string of the molecule is C[C@H](CO)n1ccc2c(C(=O)NCC3(O)CCC4(CC3)CC4)c(Cl)ccc2c1=O. The number of rotatable bonds is 5. The summed E-state index contributed by atoms with van der Waals surface area (Å²) in [6.45, 7) is 1.76. The van der Waals surface area contributed by atoms with Crippen LogP contribution < -0.4 is 10.9 Å². The van der Waals surface area contributed by atoms with Gasteiger partial charge in [-0.3, -0.25) is 9.59 Å². The Bertz CT molecular complexity index is 1000. The van der Waals surface area contributed by atoms with E-state index in [9.17, 15) is 19.8 Å². The first-order valence-electron chi connectivity index (χ1n) is 10.2. The lowest BCUT2D eigenvalue weighted by Gasteiger charge is -2.36.